The van der Waals surface area contributed by atoms with Crippen LogP contribution in [0.15, 0.2) is 0 Å². The lowest BCUT2D eigenvalue weighted by Gasteiger charge is -2.34. The molecule has 106 heavy (non-hydrogen) atoms. The SMILES string of the molecule is CC(C)(C)OC(=O)CCOCC(N)(COCCC(=O)OC(C)(C)C)COCCC(=O)OC(C)(C)C.CCCCCCCCCCC(=O)OC.COC(=O)CCCCCCCCCCC(=O)NC(COCCC(=O)OC(C)(C)C)(COCCC(=O)OC(C)(C)C)COCCC(=O)OC(C)(C)C.O=C=O.O=CO. The molecule has 29 nitrogen and oxygen atoms in total. The van der Waals surface area contributed by atoms with Crippen LogP contribution < -0.4 is 11.1 Å². The van der Waals surface area contributed by atoms with E-state index in [1.807, 2.05) is 0 Å². The number of hydrogen-bond acceptors (Lipinski definition) is 27. The van der Waals surface area contributed by atoms with Crippen LogP contribution in [0.4, 0.5) is 0 Å². The van der Waals surface area contributed by atoms with Crippen molar-refractivity contribution in [2.45, 2.75) is 337 Å². The predicted molar refractivity (Wildman–Crippen MR) is 397 cm³/mol. The minimum atomic E-state index is -1.18. The highest BCUT2D eigenvalue weighted by Crippen LogP contribution is 2.19. The van der Waals surface area contributed by atoms with Gasteiger partial charge in [0.15, 0.2) is 0 Å². The van der Waals surface area contributed by atoms with Gasteiger partial charge < -0.3 is 82.5 Å². The van der Waals surface area contributed by atoms with Crippen LogP contribution in [0.2, 0.25) is 0 Å². The van der Waals surface area contributed by atoms with E-state index >= 15 is 0 Å². The smallest absolute Gasteiger partial charge is 0.373 e. The highest BCUT2D eigenvalue weighted by Gasteiger charge is 2.35. The van der Waals surface area contributed by atoms with Gasteiger partial charge in [0.1, 0.15) is 39.1 Å². The zero-order valence-electron chi connectivity index (χ0n) is 68.9. The standard InChI is InChI=1S/C38H69NO12.C25H47NO9.C12H24O2.CH2O2.CO2/c1-35(2,3)49-32(42)21-24-46-27-38(28-47-25-22-33(43)50-36(4,5)6,29-48-26-23-34(44)51-37(7,8)9)39-30(40)19-17-15-13-11-12-14-16-18-20-31(41)45-10;1-22(2,3)33-19(27)10-13-30-16-25(26,17-31-14-11-20(28)34-23(4,5)6)18-32-15-12-21(29)35-24(7,8)9;1-3-4-5-6-7-8-9-10-11-12(13)14-2;2*2-1-3/h11-29H2,1-10H3,(H,39,40);10-18,26H2,1-9H3;3-11H2,1-2H3;1H,(H,2,3);. The quantitative estimate of drug-likeness (QED) is 0.0220. The molecule has 0 radical (unpaired) electrons. The number of carboxylic acid groups (broad SMARTS) is 1. The molecule has 4 N–H and O–H groups in total. The van der Waals surface area contributed by atoms with E-state index < -0.39 is 62.6 Å². The van der Waals surface area contributed by atoms with E-state index in [2.05, 4.69) is 21.7 Å². The zero-order valence-corrected chi connectivity index (χ0v) is 68.9. The molecule has 0 rings (SSSR count). The molecular weight excluding hydrogens is 1380 g/mol. The van der Waals surface area contributed by atoms with Crippen LogP contribution in [0.5, 0.6) is 0 Å². The third-order valence-corrected chi connectivity index (χ3v) is 13.2. The minimum absolute atomic E-state index is 0.00553. The van der Waals surface area contributed by atoms with Crippen molar-refractivity contribution < 1.29 is 129 Å². The fraction of sp³-hybridized carbons (Fsp3) is 0.857. The van der Waals surface area contributed by atoms with Crippen molar-refractivity contribution in [1.29, 1.82) is 0 Å². The molecule has 29 heteroatoms. The van der Waals surface area contributed by atoms with E-state index in [1.54, 1.807) is 125 Å². The number of amides is 1. The summed E-state index contributed by atoms with van der Waals surface area (Å²) in [4.78, 5) is 132. The second kappa shape index (κ2) is 62.7. The lowest BCUT2D eigenvalue weighted by molar-refractivity contribution is -0.192. The third-order valence-electron chi connectivity index (χ3n) is 13.2. The Kier molecular flexibility index (Phi) is 64.1. The van der Waals surface area contributed by atoms with Crippen LogP contribution in [0, 0.1) is 0 Å². The fourth-order valence-electron chi connectivity index (χ4n) is 8.86. The van der Waals surface area contributed by atoms with Crippen LogP contribution in [-0.4, -0.2) is 210 Å². The lowest BCUT2D eigenvalue weighted by atomic mass is 10.0. The predicted octanol–water partition coefficient (Wildman–Crippen LogP) is 11.9. The molecule has 1 amide bonds. The molecule has 0 heterocycles. The third kappa shape index (κ3) is 85.1. The summed E-state index contributed by atoms with van der Waals surface area (Å²) in [6, 6.07) is 0. The summed E-state index contributed by atoms with van der Waals surface area (Å²) < 4.78 is 75.7. The first-order valence-corrected chi connectivity index (χ1v) is 37.2. The van der Waals surface area contributed by atoms with Crippen LogP contribution in [0.3, 0.4) is 0 Å². The summed E-state index contributed by atoms with van der Waals surface area (Å²) >= 11 is 0. The molecule has 0 atom stereocenters. The maximum atomic E-state index is 13.3. The summed E-state index contributed by atoms with van der Waals surface area (Å²) in [5.74, 6) is -2.84. The maximum absolute atomic E-state index is 13.3. The number of unbranched alkanes of at least 4 members (excludes halogenated alkanes) is 14. The average molecular weight is 1530 g/mol. The van der Waals surface area contributed by atoms with Gasteiger partial charge >= 0.3 is 53.9 Å². The molecule has 0 aliphatic carbocycles. The second-order valence-electron chi connectivity index (χ2n) is 31.4. The topological polar surface area (TPSA) is 392 Å². The van der Waals surface area contributed by atoms with E-state index in [-0.39, 0.29) is 173 Å². The fourth-order valence-corrected chi connectivity index (χ4v) is 8.86. The first kappa shape index (κ1) is 108. The van der Waals surface area contributed by atoms with Crippen LogP contribution >= 0.6 is 0 Å². The molecule has 0 saturated heterocycles. The van der Waals surface area contributed by atoms with Gasteiger partial charge in [0.05, 0.1) is 138 Å². The van der Waals surface area contributed by atoms with E-state index in [9.17, 15) is 43.2 Å². The Morgan fingerprint density at radius 1 is 0.330 bits per heavy atom. The van der Waals surface area contributed by atoms with Crippen molar-refractivity contribution in [3.63, 3.8) is 0 Å². The zero-order chi connectivity index (χ0) is 82.4. The number of hydrogen-bond donors (Lipinski definition) is 3. The normalized spacial score (nSPS) is 11.7. The highest BCUT2D eigenvalue weighted by molar-refractivity contribution is 5.77. The summed E-state index contributed by atoms with van der Waals surface area (Å²) in [7, 11) is 2.85. The molecule has 0 aliphatic rings. The summed E-state index contributed by atoms with van der Waals surface area (Å²) in [5.41, 5.74) is 0.572. The van der Waals surface area contributed by atoms with E-state index in [0.717, 1.165) is 51.4 Å². The number of ether oxygens (including phenoxy) is 14. The summed E-state index contributed by atoms with van der Waals surface area (Å²) in [6.07, 6.45) is 19.5. The summed E-state index contributed by atoms with van der Waals surface area (Å²) in [6.45, 7) is 34.5. The van der Waals surface area contributed by atoms with Gasteiger partial charge in [0, 0.05) is 19.3 Å². The Morgan fingerprint density at radius 2 is 0.519 bits per heavy atom. The molecule has 622 valence electrons. The molecule has 0 saturated carbocycles. The van der Waals surface area contributed by atoms with Gasteiger partial charge in [0.2, 0.25) is 5.91 Å². The Labute approximate surface area is 634 Å². The van der Waals surface area contributed by atoms with E-state index in [4.69, 9.17) is 82.1 Å². The van der Waals surface area contributed by atoms with E-state index in [1.165, 1.54) is 59.2 Å². The molecule has 0 spiro atoms. The van der Waals surface area contributed by atoms with Crippen molar-refractivity contribution in [3.8, 4) is 0 Å². The minimum Gasteiger partial charge on any atom is -0.483 e. The lowest BCUT2D eigenvalue weighted by Crippen LogP contribution is -2.58. The average Bonchev–Trinajstić information content (AvgIpc) is 0.855. The van der Waals surface area contributed by atoms with Gasteiger partial charge in [-0.2, -0.15) is 9.59 Å². The maximum Gasteiger partial charge on any atom is 0.373 e. The van der Waals surface area contributed by atoms with Crippen molar-refractivity contribution >= 4 is 66.3 Å². The van der Waals surface area contributed by atoms with E-state index in [0.29, 0.717) is 19.3 Å². The Balaban J connectivity index is -0.000000528. The summed E-state index contributed by atoms with van der Waals surface area (Å²) in [5, 5.41) is 9.94. The molecule has 0 fully saturated rings. The molecule has 0 aromatic rings. The Hall–Kier alpha value is -6.20. The number of esters is 8. The van der Waals surface area contributed by atoms with Crippen molar-refractivity contribution in [3.05, 3.63) is 0 Å². The van der Waals surface area contributed by atoms with Crippen molar-refractivity contribution in [1.82, 2.24) is 5.32 Å². The number of methoxy groups -OCH3 is 2. The van der Waals surface area contributed by atoms with Gasteiger partial charge in [0.25, 0.3) is 6.47 Å². The van der Waals surface area contributed by atoms with Gasteiger partial charge in [-0.25, -0.2) is 0 Å². The molecular formula is C77H142N2O27. The van der Waals surface area contributed by atoms with Gasteiger partial charge in [-0.05, 0) is 144 Å². The highest BCUT2D eigenvalue weighted by atomic mass is 16.6. The van der Waals surface area contributed by atoms with Crippen molar-refractivity contribution in [2.24, 2.45) is 5.73 Å². The largest absolute Gasteiger partial charge is 0.483 e. The number of carbonyl (C=O) groups excluding carboxylic acids is 11. The van der Waals surface area contributed by atoms with Gasteiger partial charge in [-0.3, -0.25) is 47.9 Å². The molecule has 0 aliphatic heterocycles. The number of nitrogens with two attached hydrogens (primary N) is 1. The number of rotatable bonds is 51. The Bertz CT molecular complexity index is 2210. The molecule has 0 unspecified atom stereocenters. The second-order valence-corrected chi connectivity index (χ2v) is 31.4. The van der Waals surface area contributed by atoms with Gasteiger partial charge in [-0.1, -0.05) is 90.4 Å². The Morgan fingerprint density at radius 3 is 0.717 bits per heavy atom. The molecule has 0 bridgehead atoms. The molecule has 0 aromatic carbocycles. The molecule has 0 aromatic heterocycles. The number of carbonyl (C=O) groups is 10. The van der Waals surface area contributed by atoms with Crippen LogP contribution in [0.25, 0.3) is 0 Å². The van der Waals surface area contributed by atoms with Crippen LogP contribution in [0.1, 0.15) is 292 Å². The first-order valence-electron chi connectivity index (χ1n) is 37.2. The number of nitrogens with one attached hydrogen (secondary N) is 1. The van der Waals surface area contributed by atoms with Crippen LogP contribution in [-0.2, 0) is 124 Å². The van der Waals surface area contributed by atoms with Gasteiger partial charge in [-0.15, -0.1) is 0 Å². The first-order chi connectivity index (χ1) is 49.1. The van der Waals surface area contributed by atoms with Crippen molar-refractivity contribution in [2.75, 3.05) is 93.5 Å². The monoisotopic (exact) mass is 1530 g/mol.